The molecule has 1 aromatic carbocycles. The maximum absolute atomic E-state index is 12.5. The fourth-order valence-corrected chi connectivity index (χ4v) is 3.36. The zero-order valence-electron chi connectivity index (χ0n) is 12.1. The monoisotopic (exact) mass is 301 g/mol. The highest BCUT2D eigenvalue weighted by Crippen LogP contribution is 2.17. The van der Waals surface area contributed by atoms with Crippen molar-refractivity contribution >= 4 is 10.0 Å². The molecule has 0 aliphatic rings. The molecule has 0 spiro atoms. The number of aliphatic hydroxyl groups is 1. The Hall–Kier alpha value is -0.950. The Morgan fingerprint density at radius 3 is 2.35 bits per heavy atom. The minimum Gasteiger partial charge on any atom is -0.395 e. The largest absolute Gasteiger partial charge is 0.395 e. The Morgan fingerprint density at radius 1 is 1.20 bits per heavy atom. The van der Waals surface area contributed by atoms with Gasteiger partial charge in [0, 0.05) is 26.8 Å². The zero-order valence-corrected chi connectivity index (χ0v) is 12.9. The van der Waals surface area contributed by atoms with Crippen LogP contribution in [0.15, 0.2) is 29.2 Å². The molecule has 114 valence electrons. The van der Waals surface area contributed by atoms with Crippen molar-refractivity contribution < 1.29 is 18.3 Å². The number of rotatable bonds is 9. The number of hydrogen-bond donors (Lipinski definition) is 1. The number of ether oxygens (including phenoxy) is 1. The van der Waals surface area contributed by atoms with Gasteiger partial charge in [0.2, 0.25) is 10.0 Å². The molecule has 20 heavy (non-hydrogen) atoms. The average molecular weight is 301 g/mol. The van der Waals surface area contributed by atoms with E-state index in [1.54, 1.807) is 19.2 Å². The molecule has 0 saturated carbocycles. The highest BCUT2D eigenvalue weighted by Gasteiger charge is 2.23. The van der Waals surface area contributed by atoms with Crippen LogP contribution in [-0.4, -0.2) is 51.2 Å². The topological polar surface area (TPSA) is 66.8 Å². The fraction of sp³-hybridized carbons (Fsp3) is 0.571. The molecule has 0 aliphatic carbocycles. The summed E-state index contributed by atoms with van der Waals surface area (Å²) in [5, 5.41) is 9.05. The predicted molar refractivity (Wildman–Crippen MR) is 78.2 cm³/mol. The van der Waals surface area contributed by atoms with Crippen LogP contribution in [0.5, 0.6) is 0 Å². The number of aliphatic hydroxyl groups excluding tert-OH is 1. The summed E-state index contributed by atoms with van der Waals surface area (Å²) in [6, 6.07) is 6.88. The number of nitrogens with zero attached hydrogens (tertiary/aromatic N) is 1. The second-order valence-electron chi connectivity index (χ2n) is 4.47. The lowest BCUT2D eigenvalue weighted by Gasteiger charge is -2.21. The van der Waals surface area contributed by atoms with Crippen LogP contribution in [0.1, 0.15) is 18.9 Å². The highest BCUT2D eigenvalue weighted by atomic mass is 32.2. The van der Waals surface area contributed by atoms with Crippen molar-refractivity contribution in [2.24, 2.45) is 0 Å². The van der Waals surface area contributed by atoms with E-state index in [-0.39, 0.29) is 18.0 Å². The number of benzene rings is 1. The molecule has 0 amide bonds. The standard InChI is InChI=1S/C14H23NO4S/c1-3-13-5-7-14(8-6-13)20(17,18)15(10-11-16)9-4-12-19-2/h5-8,16H,3-4,9-12H2,1-2H3. The van der Waals surface area contributed by atoms with Gasteiger partial charge in [0.05, 0.1) is 11.5 Å². The molecular formula is C14H23NO4S. The van der Waals surface area contributed by atoms with Gasteiger partial charge in [0.15, 0.2) is 0 Å². The van der Waals surface area contributed by atoms with Gasteiger partial charge in [-0.3, -0.25) is 0 Å². The van der Waals surface area contributed by atoms with Gasteiger partial charge < -0.3 is 9.84 Å². The van der Waals surface area contributed by atoms with Gasteiger partial charge in [-0.15, -0.1) is 0 Å². The van der Waals surface area contributed by atoms with Crippen molar-refractivity contribution in [3.05, 3.63) is 29.8 Å². The van der Waals surface area contributed by atoms with Gasteiger partial charge in [-0.1, -0.05) is 19.1 Å². The first-order valence-electron chi connectivity index (χ1n) is 6.75. The summed E-state index contributed by atoms with van der Waals surface area (Å²) in [6.45, 7) is 2.76. The Kier molecular flexibility index (Phi) is 7.15. The van der Waals surface area contributed by atoms with Crippen molar-refractivity contribution in [3.63, 3.8) is 0 Å². The van der Waals surface area contributed by atoms with E-state index in [4.69, 9.17) is 9.84 Å². The van der Waals surface area contributed by atoms with Gasteiger partial charge in [-0.2, -0.15) is 4.31 Å². The molecule has 1 N–H and O–H groups in total. The first-order chi connectivity index (χ1) is 9.56. The zero-order chi connectivity index (χ0) is 15.0. The van der Waals surface area contributed by atoms with Crippen molar-refractivity contribution in [3.8, 4) is 0 Å². The second-order valence-corrected chi connectivity index (χ2v) is 6.41. The number of hydrogen-bond acceptors (Lipinski definition) is 4. The average Bonchev–Trinajstić information content (AvgIpc) is 2.46. The van der Waals surface area contributed by atoms with Crippen molar-refractivity contribution in [2.45, 2.75) is 24.7 Å². The molecular weight excluding hydrogens is 278 g/mol. The van der Waals surface area contributed by atoms with Gasteiger partial charge in [-0.25, -0.2) is 8.42 Å². The van der Waals surface area contributed by atoms with Crippen molar-refractivity contribution in [1.29, 1.82) is 0 Å². The van der Waals surface area contributed by atoms with Crippen LogP contribution in [0.4, 0.5) is 0 Å². The molecule has 0 unspecified atom stereocenters. The molecule has 0 saturated heterocycles. The number of methoxy groups -OCH3 is 1. The predicted octanol–water partition coefficient (Wildman–Crippen LogP) is 1.27. The third kappa shape index (κ3) is 4.56. The Morgan fingerprint density at radius 2 is 1.85 bits per heavy atom. The number of aryl methyl sites for hydroxylation is 1. The molecule has 1 rings (SSSR count). The molecule has 1 aromatic rings. The first kappa shape index (κ1) is 17.1. The SMILES string of the molecule is CCc1ccc(S(=O)(=O)N(CCO)CCCOC)cc1. The maximum atomic E-state index is 12.5. The summed E-state index contributed by atoms with van der Waals surface area (Å²) in [5.41, 5.74) is 1.09. The van der Waals surface area contributed by atoms with E-state index in [0.29, 0.717) is 19.6 Å². The minimum atomic E-state index is -3.55. The van der Waals surface area contributed by atoms with Crippen LogP contribution in [0.3, 0.4) is 0 Å². The normalized spacial score (nSPS) is 12.0. The van der Waals surface area contributed by atoms with E-state index in [1.165, 1.54) is 4.31 Å². The first-order valence-corrected chi connectivity index (χ1v) is 8.19. The summed E-state index contributed by atoms with van der Waals surface area (Å²) in [6.07, 6.45) is 1.47. The van der Waals surface area contributed by atoms with E-state index in [9.17, 15) is 8.42 Å². The van der Waals surface area contributed by atoms with Crippen LogP contribution in [0, 0.1) is 0 Å². The Labute approximate surface area is 121 Å². The fourth-order valence-electron chi connectivity index (χ4n) is 1.90. The van der Waals surface area contributed by atoms with Crippen LogP contribution in [-0.2, 0) is 21.2 Å². The maximum Gasteiger partial charge on any atom is 0.243 e. The third-order valence-electron chi connectivity index (χ3n) is 3.07. The molecule has 0 bridgehead atoms. The minimum absolute atomic E-state index is 0.0988. The van der Waals surface area contributed by atoms with E-state index in [0.717, 1.165) is 12.0 Å². The van der Waals surface area contributed by atoms with E-state index in [2.05, 4.69) is 0 Å². The van der Waals surface area contributed by atoms with Crippen LogP contribution in [0.25, 0.3) is 0 Å². The molecule has 0 aliphatic heterocycles. The summed E-state index contributed by atoms with van der Waals surface area (Å²) in [7, 11) is -1.97. The molecule has 5 nitrogen and oxygen atoms in total. The van der Waals surface area contributed by atoms with Gasteiger partial charge >= 0.3 is 0 Å². The summed E-state index contributed by atoms with van der Waals surface area (Å²) >= 11 is 0. The van der Waals surface area contributed by atoms with Gasteiger partial charge in [0.1, 0.15) is 0 Å². The highest BCUT2D eigenvalue weighted by molar-refractivity contribution is 7.89. The smallest absolute Gasteiger partial charge is 0.243 e. The second kappa shape index (κ2) is 8.36. The molecule has 0 atom stereocenters. The van der Waals surface area contributed by atoms with Crippen molar-refractivity contribution in [2.75, 3.05) is 33.4 Å². The lowest BCUT2D eigenvalue weighted by atomic mass is 10.2. The van der Waals surface area contributed by atoms with E-state index >= 15 is 0 Å². The molecule has 0 heterocycles. The summed E-state index contributed by atoms with van der Waals surface area (Å²) in [5.74, 6) is 0. The Bertz CT molecular complexity index is 484. The van der Waals surface area contributed by atoms with E-state index < -0.39 is 10.0 Å². The van der Waals surface area contributed by atoms with Gasteiger partial charge in [0.25, 0.3) is 0 Å². The molecule has 0 aromatic heterocycles. The number of sulfonamides is 1. The molecule has 0 fully saturated rings. The summed E-state index contributed by atoms with van der Waals surface area (Å²) in [4.78, 5) is 0.264. The lowest BCUT2D eigenvalue weighted by molar-refractivity contribution is 0.182. The lowest BCUT2D eigenvalue weighted by Crippen LogP contribution is -2.35. The Balaban J connectivity index is 2.89. The molecule has 0 radical (unpaired) electrons. The quantitative estimate of drug-likeness (QED) is 0.698. The van der Waals surface area contributed by atoms with Crippen LogP contribution >= 0.6 is 0 Å². The van der Waals surface area contributed by atoms with E-state index in [1.807, 2.05) is 19.1 Å². The van der Waals surface area contributed by atoms with Crippen LogP contribution < -0.4 is 0 Å². The third-order valence-corrected chi connectivity index (χ3v) is 4.99. The summed E-state index contributed by atoms with van der Waals surface area (Å²) < 4.78 is 31.2. The van der Waals surface area contributed by atoms with Gasteiger partial charge in [-0.05, 0) is 30.5 Å². The molecule has 6 heteroatoms. The van der Waals surface area contributed by atoms with Crippen molar-refractivity contribution in [1.82, 2.24) is 4.31 Å². The van der Waals surface area contributed by atoms with Crippen LogP contribution in [0.2, 0.25) is 0 Å².